The van der Waals surface area contributed by atoms with Gasteiger partial charge < -0.3 is 5.73 Å². The molecule has 2 N–H and O–H groups in total. The molecule has 4 heteroatoms. The minimum atomic E-state index is -0.193. The number of nitrogens with two attached hydrogens (primary N) is 1. The van der Waals surface area contributed by atoms with Crippen LogP contribution in [0.2, 0.25) is 0 Å². The number of hydrogen-bond donors (Lipinski definition) is 1. The lowest BCUT2D eigenvalue weighted by molar-refractivity contribution is -0.119. The van der Waals surface area contributed by atoms with Crippen LogP contribution in [0.3, 0.4) is 0 Å². The number of amides is 1. The van der Waals surface area contributed by atoms with Gasteiger partial charge in [0.1, 0.15) is 0 Å². The van der Waals surface area contributed by atoms with Crippen molar-refractivity contribution in [1.29, 1.82) is 0 Å². The number of aromatic nitrogens is 2. The van der Waals surface area contributed by atoms with E-state index in [-0.39, 0.29) is 11.8 Å². The van der Waals surface area contributed by atoms with Crippen molar-refractivity contribution >= 4 is 5.91 Å². The van der Waals surface area contributed by atoms with Crippen LogP contribution in [0.5, 0.6) is 0 Å². The fraction of sp³-hybridized carbons (Fsp3) is 0.500. The minimum absolute atomic E-state index is 0.0420. The van der Waals surface area contributed by atoms with Gasteiger partial charge in [0.05, 0.1) is 0 Å². The van der Waals surface area contributed by atoms with Gasteiger partial charge in [0, 0.05) is 30.8 Å². The van der Waals surface area contributed by atoms with Gasteiger partial charge in [0.25, 0.3) is 0 Å². The van der Waals surface area contributed by atoms with E-state index in [1.165, 1.54) is 0 Å². The second-order valence-electron chi connectivity index (χ2n) is 3.23. The molecule has 64 valence electrons. The van der Waals surface area contributed by atoms with Crippen LogP contribution in [-0.4, -0.2) is 15.7 Å². The summed E-state index contributed by atoms with van der Waals surface area (Å²) in [7, 11) is 1.88. The van der Waals surface area contributed by atoms with Crippen molar-refractivity contribution in [1.82, 2.24) is 9.78 Å². The third kappa shape index (κ3) is 0.995. The van der Waals surface area contributed by atoms with Gasteiger partial charge in [-0.05, 0) is 12.5 Å². The third-order valence-corrected chi connectivity index (χ3v) is 2.39. The molecule has 0 unspecified atom stereocenters. The first-order valence-electron chi connectivity index (χ1n) is 3.97. The van der Waals surface area contributed by atoms with Crippen molar-refractivity contribution in [3.63, 3.8) is 0 Å². The molecule has 1 aromatic heterocycles. The van der Waals surface area contributed by atoms with E-state index in [4.69, 9.17) is 5.73 Å². The smallest absolute Gasteiger partial charge is 0.221 e. The molecule has 1 heterocycles. The molecule has 0 aliphatic heterocycles. The Balaban J connectivity index is 2.15. The second-order valence-corrected chi connectivity index (χ2v) is 3.23. The SMILES string of the molecule is Cn1nccc1[C@@H]1C[C@H]1C(N)=O. The van der Waals surface area contributed by atoms with Gasteiger partial charge >= 0.3 is 0 Å². The number of carbonyl (C=O) groups is 1. The molecule has 1 fully saturated rings. The van der Waals surface area contributed by atoms with E-state index in [1.54, 1.807) is 10.9 Å². The number of nitrogens with zero attached hydrogens (tertiary/aromatic N) is 2. The van der Waals surface area contributed by atoms with Gasteiger partial charge in [-0.2, -0.15) is 5.10 Å². The maximum absolute atomic E-state index is 10.8. The Morgan fingerprint density at radius 3 is 3.00 bits per heavy atom. The van der Waals surface area contributed by atoms with E-state index in [0.29, 0.717) is 5.92 Å². The molecule has 1 aromatic rings. The summed E-state index contributed by atoms with van der Waals surface area (Å²) in [6.07, 6.45) is 2.63. The molecular formula is C8H11N3O. The maximum Gasteiger partial charge on any atom is 0.221 e. The first kappa shape index (κ1) is 7.34. The second kappa shape index (κ2) is 2.33. The molecule has 1 saturated carbocycles. The summed E-state index contributed by atoms with van der Waals surface area (Å²) in [4.78, 5) is 10.8. The quantitative estimate of drug-likeness (QED) is 0.671. The Bertz CT molecular complexity index is 318. The normalized spacial score (nSPS) is 27.1. The lowest BCUT2D eigenvalue weighted by Gasteiger charge is -1.97. The van der Waals surface area contributed by atoms with Crippen LogP contribution >= 0.6 is 0 Å². The predicted molar refractivity (Wildman–Crippen MR) is 43.3 cm³/mol. The fourth-order valence-corrected chi connectivity index (χ4v) is 1.58. The Labute approximate surface area is 70.4 Å². The summed E-state index contributed by atoms with van der Waals surface area (Å²) in [6.45, 7) is 0. The molecule has 1 amide bonds. The molecule has 4 nitrogen and oxygen atoms in total. The zero-order valence-electron chi connectivity index (χ0n) is 6.90. The first-order chi connectivity index (χ1) is 5.70. The zero-order valence-corrected chi connectivity index (χ0v) is 6.90. The monoisotopic (exact) mass is 165 g/mol. The van der Waals surface area contributed by atoms with Crippen LogP contribution in [0.1, 0.15) is 18.0 Å². The van der Waals surface area contributed by atoms with Crippen molar-refractivity contribution in [3.05, 3.63) is 18.0 Å². The molecule has 12 heavy (non-hydrogen) atoms. The van der Waals surface area contributed by atoms with Crippen molar-refractivity contribution in [2.45, 2.75) is 12.3 Å². The van der Waals surface area contributed by atoms with Crippen molar-refractivity contribution < 1.29 is 4.79 Å². The highest BCUT2D eigenvalue weighted by atomic mass is 16.1. The Kier molecular flexibility index (Phi) is 1.43. The molecule has 1 aliphatic carbocycles. The van der Waals surface area contributed by atoms with Gasteiger partial charge in [0.15, 0.2) is 0 Å². The molecular weight excluding hydrogens is 154 g/mol. The number of primary amides is 1. The van der Waals surface area contributed by atoms with E-state index < -0.39 is 0 Å². The summed E-state index contributed by atoms with van der Waals surface area (Å²) < 4.78 is 1.80. The van der Waals surface area contributed by atoms with Crippen LogP contribution in [0.25, 0.3) is 0 Å². The largest absolute Gasteiger partial charge is 0.369 e. The molecule has 0 bridgehead atoms. The lowest BCUT2D eigenvalue weighted by atomic mass is 10.2. The Morgan fingerprint density at radius 1 is 1.83 bits per heavy atom. The first-order valence-corrected chi connectivity index (χ1v) is 3.97. The van der Waals surface area contributed by atoms with E-state index in [1.807, 2.05) is 13.1 Å². The van der Waals surface area contributed by atoms with Crippen LogP contribution in [0, 0.1) is 5.92 Å². The summed E-state index contributed by atoms with van der Waals surface area (Å²) in [6, 6.07) is 1.94. The van der Waals surface area contributed by atoms with Crippen LogP contribution in [0.4, 0.5) is 0 Å². The lowest BCUT2D eigenvalue weighted by Crippen LogP contribution is -2.14. The van der Waals surface area contributed by atoms with Gasteiger partial charge in [-0.3, -0.25) is 9.48 Å². The van der Waals surface area contributed by atoms with Gasteiger partial charge in [-0.25, -0.2) is 0 Å². The Morgan fingerprint density at radius 2 is 2.58 bits per heavy atom. The summed E-state index contributed by atoms with van der Waals surface area (Å²) >= 11 is 0. The van der Waals surface area contributed by atoms with E-state index in [0.717, 1.165) is 12.1 Å². The highest BCUT2D eigenvalue weighted by Gasteiger charge is 2.44. The predicted octanol–water partition coefficient (Wildman–Crippen LogP) is 0.00890. The van der Waals surface area contributed by atoms with E-state index in [9.17, 15) is 4.79 Å². The van der Waals surface area contributed by atoms with Crippen LogP contribution in [0.15, 0.2) is 12.3 Å². The molecule has 2 atom stereocenters. The van der Waals surface area contributed by atoms with E-state index >= 15 is 0 Å². The molecule has 1 aliphatic rings. The van der Waals surface area contributed by atoms with Gasteiger partial charge in [0.2, 0.25) is 5.91 Å². The average molecular weight is 165 g/mol. The molecule has 0 radical (unpaired) electrons. The molecule has 0 aromatic carbocycles. The summed E-state index contributed by atoms with van der Waals surface area (Å²) in [5.41, 5.74) is 6.29. The molecule has 2 rings (SSSR count). The summed E-state index contributed by atoms with van der Waals surface area (Å²) in [5, 5.41) is 4.04. The number of carbonyl (C=O) groups excluding carboxylic acids is 1. The highest BCUT2D eigenvalue weighted by Crippen LogP contribution is 2.46. The summed E-state index contributed by atoms with van der Waals surface area (Å²) in [5.74, 6) is 0.164. The number of rotatable bonds is 2. The van der Waals surface area contributed by atoms with Gasteiger partial charge in [-0.1, -0.05) is 0 Å². The average Bonchev–Trinajstić information content (AvgIpc) is 2.70. The van der Waals surface area contributed by atoms with Crippen molar-refractivity contribution in [2.24, 2.45) is 18.7 Å². The van der Waals surface area contributed by atoms with Gasteiger partial charge in [-0.15, -0.1) is 0 Å². The van der Waals surface area contributed by atoms with Crippen LogP contribution < -0.4 is 5.73 Å². The topological polar surface area (TPSA) is 60.9 Å². The zero-order chi connectivity index (χ0) is 8.72. The minimum Gasteiger partial charge on any atom is -0.369 e. The van der Waals surface area contributed by atoms with Crippen molar-refractivity contribution in [3.8, 4) is 0 Å². The third-order valence-electron chi connectivity index (χ3n) is 2.39. The molecule has 0 saturated heterocycles. The molecule has 0 spiro atoms. The number of hydrogen-bond acceptors (Lipinski definition) is 2. The van der Waals surface area contributed by atoms with E-state index in [2.05, 4.69) is 5.10 Å². The fourth-order valence-electron chi connectivity index (χ4n) is 1.58. The van der Waals surface area contributed by atoms with Crippen LogP contribution in [-0.2, 0) is 11.8 Å². The van der Waals surface area contributed by atoms with Crippen molar-refractivity contribution in [2.75, 3.05) is 0 Å². The number of aryl methyl sites for hydroxylation is 1. The highest BCUT2D eigenvalue weighted by molar-refractivity contribution is 5.80. The standard InChI is InChI=1S/C8H11N3O/c1-11-7(2-3-10-11)5-4-6(5)8(9)12/h2-3,5-6H,4H2,1H3,(H2,9,12)/t5-,6-/m1/s1. The Hall–Kier alpha value is -1.32. The maximum atomic E-state index is 10.8.